The Morgan fingerprint density at radius 2 is 1.80 bits per heavy atom. The van der Waals surface area contributed by atoms with Crippen molar-refractivity contribution in [2.45, 2.75) is 31.5 Å². The van der Waals surface area contributed by atoms with Crippen LogP contribution in [0.3, 0.4) is 0 Å². The molecule has 1 fully saturated rings. The van der Waals surface area contributed by atoms with Crippen LogP contribution in [0.15, 0.2) is 5.10 Å². The van der Waals surface area contributed by atoms with Crippen LogP contribution in [0.25, 0.3) is 0 Å². The standard InChI is InChI=1S/C9H15F3N2O/c1-8(15-2,9(10,11)12)7-13-14-5-3-4-6-14/h7H,3-6H2,1-2H3/b13-7+. The van der Waals surface area contributed by atoms with Crippen LogP contribution in [0.4, 0.5) is 13.2 Å². The highest BCUT2D eigenvalue weighted by Crippen LogP contribution is 2.31. The number of methoxy groups -OCH3 is 1. The van der Waals surface area contributed by atoms with Gasteiger partial charge < -0.3 is 4.74 Å². The van der Waals surface area contributed by atoms with Gasteiger partial charge in [0, 0.05) is 20.2 Å². The van der Waals surface area contributed by atoms with E-state index in [1.165, 1.54) is 0 Å². The maximum Gasteiger partial charge on any atom is 0.422 e. The Hall–Kier alpha value is -0.780. The number of halogens is 3. The van der Waals surface area contributed by atoms with Crippen LogP contribution in [-0.4, -0.2) is 43.2 Å². The van der Waals surface area contributed by atoms with Crippen LogP contribution >= 0.6 is 0 Å². The molecule has 6 heteroatoms. The molecule has 88 valence electrons. The van der Waals surface area contributed by atoms with Crippen molar-refractivity contribution in [1.82, 2.24) is 5.01 Å². The van der Waals surface area contributed by atoms with Gasteiger partial charge >= 0.3 is 6.18 Å². The fourth-order valence-electron chi connectivity index (χ4n) is 1.25. The van der Waals surface area contributed by atoms with Gasteiger partial charge in [0.25, 0.3) is 0 Å². The van der Waals surface area contributed by atoms with E-state index < -0.39 is 11.8 Å². The van der Waals surface area contributed by atoms with Crippen molar-refractivity contribution in [1.29, 1.82) is 0 Å². The molecule has 0 N–H and O–H groups in total. The van der Waals surface area contributed by atoms with E-state index in [0.717, 1.165) is 33.1 Å². The molecule has 1 atom stereocenters. The Morgan fingerprint density at radius 3 is 2.20 bits per heavy atom. The first-order valence-corrected chi connectivity index (χ1v) is 4.81. The monoisotopic (exact) mass is 224 g/mol. The van der Waals surface area contributed by atoms with Crippen molar-refractivity contribution >= 4 is 6.21 Å². The first-order chi connectivity index (χ1) is 6.89. The van der Waals surface area contributed by atoms with Gasteiger partial charge in [0.1, 0.15) is 0 Å². The molecule has 0 spiro atoms. The average Bonchev–Trinajstić information content (AvgIpc) is 2.64. The first-order valence-electron chi connectivity index (χ1n) is 4.81. The number of hydrogen-bond acceptors (Lipinski definition) is 3. The molecule has 1 saturated heterocycles. The van der Waals surface area contributed by atoms with Crippen molar-refractivity contribution in [3.05, 3.63) is 0 Å². The number of hydrogen-bond donors (Lipinski definition) is 0. The molecule has 0 aromatic rings. The van der Waals surface area contributed by atoms with Crippen molar-refractivity contribution in [2.75, 3.05) is 20.2 Å². The second kappa shape index (κ2) is 4.38. The van der Waals surface area contributed by atoms with Crippen LogP contribution < -0.4 is 0 Å². The zero-order valence-corrected chi connectivity index (χ0v) is 8.84. The largest absolute Gasteiger partial charge is 0.422 e. The highest BCUT2D eigenvalue weighted by molar-refractivity contribution is 5.69. The normalized spacial score (nSPS) is 22.3. The lowest BCUT2D eigenvalue weighted by Gasteiger charge is -2.26. The zero-order chi connectivity index (χ0) is 11.5. The van der Waals surface area contributed by atoms with E-state index in [0.29, 0.717) is 13.1 Å². The zero-order valence-electron chi connectivity index (χ0n) is 8.84. The quantitative estimate of drug-likeness (QED) is 0.685. The summed E-state index contributed by atoms with van der Waals surface area (Å²) in [6.45, 7) is 2.40. The maximum atomic E-state index is 12.5. The lowest BCUT2D eigenvalue weighted by molar-refractivity contribution is -0.231. The average molecular weight is 224 g/mol. The smallest absolute Gasteiger partial charge is 0.364 e. The van der Waals surface area contributed by atoms with Crippen LogP contribution in [0.2, 0.25) is 0 Å². The van der Waals surface area contributed by atoms with Crippen molar-refractivity contribution < 1.29 is 17.9 Å². The van der Waals surface area contributed by atoms with Crippen LogP contribution in [-0.2, 0) is 4.74 Å². The Bertz CT molecular complexity index is 236. The Labute approximate surface area is 86.9 Å². The summed E-state index contributed by atoms with van der Waals surface area (Å²) in [5, 5.41) is 5.42. The molecular formula is C9H15F3N2O. The van der Waals surface area contributed by atoms with E-state index in [1.54, 1.807) is 5.01 Å². The van der Waals surface area contributed by atoms with E-state index in [2.05, 4.69) is 9.84 Å². The van der Waals surface area contributed by atoms with Gasteiger partial charge in [-0.3, -0.25) is 5.01 Å². The molecule has 3 nitrogen and oxygen atoms in total. The summed E-state index contributed by atoms with van der Waals surface area (Å²) < 4.78 is 42.1. The summed E-state index contributed by atoms with van der Waals surface area (Å²) in [7, 11) is 1.03. The molecule has 1 aliphatic rings. The summed E-state index contributed by atoms with van der Waals surface area (Å²) in [6, 6.07) is 0. The minimum absolute atomic E-state index is 0.716. The minimum atomic E-state index is -4.44. The molecule has 1 aliphatic heterocycles. The number of ether oxygens (including phenoxy) is 1. The van der Waals surface area contributed by atoms with Crippen molar-refractivity contribution in [3.8, 4) is 0 Å². The number of nitrogens with zero attached hydrogens (tertiary/aromatic N) is 2. The Balaban J connectivity index is 2.66. The predicted molar refractivity (Wildman–Crippen MR) is 50.8 cm³/mol. The van der Waals surface area contributed by atoms with Gasteiger partial charge in [-0.05, 0) is 19.8 Å². The molecule has 0 aromatic carbocycles. The Kier molecular flexibility index (Phi) is 3.59. The minimum Gasteiger partial charge on any atom is -0.364 e. The van der Waals surface area contributed by atoms with Crippen molar-refractivity contribution in [2.24, 2.45) is 5.10 Å². The predicted octanol–water partition coefficient (Wildman–Crippen LogP) is 2.04. The SMILES string of the molecule is COC(C)(/C=N/N1CCCC1)C(F)(F)F. The third-order valence-corrected chi connectivity index (χ3v) is 2.54. The lowest BCUT2D eigenvalue weighted by Crippen LogP contribution is -2.46. The molecule has 0 amide bonds. The van der Waals surface area contributed by atoms with E-state index in [4.69, 9.17) is 0 Å². The molecule has 0 aromatic heterocycles. The fraction of sp³-hybridized carbons (Fsp3) is 0.889. The van der Waals surface area contributed by atoms with Crippen LogP contribution in [0.1, 0.15) is 19.8 Å². The highest BCUT2D eigenvalue weighted by Gasteiger charge is 2.51. The third kappa shape index (κ3) is 2.84. The van der Waals surface area contributed by atoms with Crippen molar-refractivity contribution in [3.63, 3.8) is 0 Å². The molecular weight excluding hydrogens is 209 g/mol. The maximum absolute atomic E-state index is 12.5. The summed E-state index contributed by atoms with van der Waals surface area (Å²) >= 11 is 0. The second-order valence-corrected chi connectivity index (χ2v) is 3.71. The molecule has 0 saturated carbocycles. The van der Waals surface area contributed by atoms with Gasteiger partial charge in [-0.2, -0.15) is 18.3 Å². The summed E-state index contributed by atoms with van der Waals surface area (Å²) in [6.07, 6.45) is -1.65. The van der Waals surface area contributed by atoms with Gasteiger partial charge in [0.05, 0.1) is 6.21 Å². The summed E-state index contributed by atoms with van der Waals surface area (Å²) in [5.41, 5.74) is -2.30. The van der Waals surface area contributed by atoms with Crippen LogP contribution in [0.5, 0.6) is 0 Å². The fourth-order valence-corrected chi connectivity index (χ4v) is 1.25. The molecule has 0 radical (unpaired) electrons. The summed E-state index contributed by atoms with van der Waals surface area (Å²) in [5.74, 6) is 0. The molecule has 1 heterocycles. The van der Waals surface area contributed by atoms with E-state index in [1.807, 2.05) is 0 Å². The topological polar surface area (TPSA) is 24.8 Å². The molecule has 1 unspecified atom stereocenters. The highest BCUT2D eigenvalue weighted by atomic mass is 19.4. The second-order valence-electron chi connectivity index (χ2n) is 3.71. The van der Waals surface area contributed by atoms with Gasteiger partial charge in [0.2, 0.25) is 0 Å². The first kappa shape index (κ1) is 12.3. The molecule has 1 rings (SSSR count). The van der Waals surface area contributed by atoms with Gasteiger partial charge in [-0.1, -0.05) is 0 Å². The van der Waals surface area contributed by atoms with Gasteiger partial charge in [0.15, 0.2) is 5.60 Å². The molecule has 0 aliphatic carbocycles. The van der Waals surface area contributed by atoms with Crippen LogP contribution in [0, 0.1) is 0 Å². The number of hydrazone groups is 1. The molecule has 15 heavy (non-hydrogen) atoms. The van der Waals surface area contributed by atoms with Gasteiger partial charge in [-0.25, -0.2) is 0 Å². The van der Waals surface area contributed by atoms with E-state index in [9.17, 15) is 13.2 Å². The number of alkyl halides is 3. The summed E-state index contributed by atoms with van der Waals surface area (Å²) in [4.78, 5) is 0. The third-order valence-electron chi connectivity index (χ3n) is 2.54. The lowest BCUT2D eigenvalue weighted by atomic mass is 10.1. The van der Waals surface area contributed by atoms with E-state index in [-0.39, 0.29) is 0 Å². The Morgan fingerprint density at radius 1 is 1.27 bits per heavy atom. The van der Waals surface area contributed by atoms with Gasteiger partial charge in [-0.15, -0.1) is 0 Å². The number of rotatable bonds is 3. The molecule has 0 bridgehead atoms. The van der Waals surface area contributed by atoms with E-state index >= 15 is 0 Å².